The molecule has 0 bridgehead atoms. The average Bonchev–Trinajstić information content (AvgIpc) is 3.41. The van der Waals surface area contributed by atoms with E-state index in [4.69, 9.17) is 4.98 Å². The molecule has 4 rings (SSSR count). The van der Waals surface area contributed by atoms with Crippen molar-refractivity contribution in [2.24, 2.45) is 0 Å². The summed E-state index contributed by atoms with van der Waals surface area (Å²) in [6, 6.07) is 9.46. The first-order chi connectivity index (χ1) is 15.5. The average molecular weight is 437 g/mol. The van der Waals surface area contributed by atoms with Gasteiger partial charge in [-0.2, -0.15) is 0 Å². The van der Waals surface area contributed by atoms with Crippen LogP contribution in [0.15, 0.2) is 36.5 Å². The zero-order chi connectivity index (χ0) is 22.7. The summed E-state index contributed by atoms with van der Waals surface area (Å²) >= 11 is 0. The summed E-state index contributed by atoms with van der Waals surface area (Å²) in [7, 11) is 3.79. The van der Waals surface area contributed by atoms with Crippen LogP contribution in [0.25, 0.3) is 11.1 Å². The predicted molar refractivity (Wildman–Crippen MR) is 120 cm³/mol. The summed E-state index contributed by atoms with van der Waals surface area (Å²) in [6.07, 6.45) is 4.30. The third-order valence-electron chi connectivity index (χ3n) is 5.89. The number of nitrogens with zero attached hydrogens (tertiary/aromatic N) is 5. The summed E-state index contributed by atoms with van der Waals surface area (Å²) < 4.78 is 0. The Hall–Kier alpha value is -3.49. The van der Waals surface area contributed by atoms with Crippen LogP contribution in [-0.2, 0) is 9.59 Å². The van der Waals surface area contributed by atoms with Crippen LogP contribution in [0.5, 0.6) is 0 Å². The van der Waals surface area contributed by atoms with Gasteiger partial charge in [-0.1, -0.05) is 30.3 Å². The first kappa shape index (κ1) is 21.7. The second kappa shape index (κ2) is 9.33. The van der Waals surface area contributed by atoms with E-state index in [-0.39, 0.29) is 43.4 Å². The molecule has 9 heteroatoms. The summed E-state index contributed by atoms with van der Waals surface area (Å²) in [6.45, 7) is 0.954. The molecule has 2 saturated heterocycles. The number of likely N-dealkylation sites (tertiary alicyclic amines) is 1. The molecule has 0 spiro atoms. The zero-order valence-corrected chi connectivity index (χ0v) is 18.5. The van der Waals surface area contributed by atoms with Gasteiger partial charge >= 0.3 is 6.03 Å². The minimum absolute atomic E-state index is 0.0172. The smallest absolute Gasteiger partial charge is 0.324 e. The Morgan fingerprint density at radius 1 is 1.22 bits per heavy atom. The number of hydrogen-bond donors (Lipinski definition) is 1. The molecular weight excluding hydrogens is 408 g/mol. The Labute approximate surface area is 187 Å². The lowest BCUT2D eigenvalue weighted by atomic mass is 9.99. The van der Waals surface area contributed by atoms with E-state index in [1.165, 1.54) is 4.90 Å². The van der Waals surface area contributed by atoms with Crippen molar-refractivity contribution in [1.29, 1.82) is 0 Å². The van der Waals surface area contributed by atoms with Gasteiger partial charge in [0.25, 0.3) is 0 Å². The minimum Gasteiger partial charge on any atom is -0.347 e. The van der Waals surface area contributed by atoms with Gasteiger partial charge in [-0.3, -0.25) is 14.5 Å². The SMILES string of the molecule is CN(C)c1ncc(-c2ccccc2)c([C@@H]2CCCN2C(=O)CCCN2C(=O)CNC2=O)n1. The number of nitrogens with one attached hydrogen (secondary N) is 1. The number of imide groups is 1. The molecule has 1 atom stereocenters. The van der Waals surface area contributed by atoms with Crippen molar-refractivity contribution >= 4 is 23.8 Å². The summed E-state index contributed by atoms with van der Waals surface area (Å²) in [5.74, 6) is 0.382. The lowest BCUT2D eigenvalue weighted by molar-refractivity contribution is -0.133. The van der Waals surface area contributed by atoms with E-state index in [1.807, 2.05) is 60.4 Å². The van der Waals surface area contributed by atoms with Crippen molar-refractivity contribution in [1.82, 2.24) is 25.1 Å². The van der Waals surface area contributed by atoms with Gasteiger partial charge in [-0.05, 0) is 24.8 Å². The van der Waals surface area contributed by atoms with Gasteiger partial charge < -0.3 is 15.1 Å². The Morgan fingerprint density at radius 2 is 2.00 bits per heavy atom. The number of hydrogen-bond acceptors (Lipinski definition) is 6. The molecule has 0 unspecified atom stereocenters. The fourth-order valence-corrected chi connectivity index (χ4v) is 4.26. The Kier molecular flexibility index (Phi) is 6.34. The maximum atomic E-state index is 13.1. The van der Waals surface area contributed by atoms with Gasteiger partial charge in [-0.25, -0.2) is 14.8 Å². The first-order valence-electron chi connectivity index (χ1n) is 10.9. The summed E-state index contributed by atoms with van der Waals surface area (Å²) in [5, 5.41) is 2.50. The molecule has 2 aliphatic rings. The Morgan fingerprint density at radius 3 is 2.69 bits per heavy atom. The van der Waals surface area contributed by atoms with Crippen LogP contribution < -0.4 is 10.2 Å². The van der Waals surface area contributed by atoms with Crippen molar-refractivity contribution in [3.8, 4) is 11.1 Å². The van der Waals surface area contributed by atoms with Crippen LogP contribution in [-0.4, -0.2) is 71.3 Å². The summed E-state index contributed by atoms with van der Waals surface area (Å²) in [5.41, 5.74) is 2.81. The van der Waals surface area contributed by atoms with Gasteiger partial charge in [0.15, 0.2) is 0 Å². The molecule has 1 aromatic heterocycles. The highest BCUT2D eigenvalue weighted by Crippen LogP contribution is 2.37. The number of anilines is 1. The normalized spacial score (nSPS) is 18.2. The number of rotatable bonds is 7. The number of urea groups is 1. The molecule has 0 radical (unpaired) electrons. The van der Waals surface area contributed by atoms with E-state index in [1.54, 1.807) is 0 Å². The van der Waals surface area contributed by atoms with E-state index in [2.05, 4.69) is 10.3 Å². The third-order valence-corrected chi connectivity index (χ3v) is 5.89. The lowest BCUT2D eigenvalue weighted by Gasteiger charge is -2.27. The number of benzene rings is 1. The number of carbonyl (C=O) groups excluding carboxylic acids is 3. The van der Waals surface area contributed by atoms with Crippen LogP contribution in [0.3, 0.4) is 0 Å². The zero-order valence-electron chi connectivity index (χ0n) is 18.5. The van der Waals surface area contributed by atoms with E-state index >= 15 is 0 Å². The van der Waals surface area contributed by atoms with E-state index in [0.29, 0.717) is 18.9 Å². The lowest BCUT2D eigenvalue weighted by Crippen LogP contribution is -2.34. The van der Waals surface area contributed by atoms with Gasteiger partial charge in [-0.15, -0.1) is 0 Å². The van der Waals surface area contributed by atoms with Crippen molar-refractivity contribution in [2.45, 2.75) is 31.7 Å². The maximum Gasteiger partial charge on any atom is 0.324 e. The number of amides is 4. The molecule has 2 aliphatic heterocycles. The van der Waals surface area contributed by atoms with Gasteiger partial charge in [0, 0.05) is 45.4 Å². The van der Waals surface area contributed by atoms with Crippen LogP contribution in [0.4, 0.5) is 10.7 Å². The molecule has 4 amide bonds. The van der Waals surface area contributed by atoms with E-state index < -0.39 is 0 Å². The second-order valence-electron chi connectivity index (χ2n) is 8.28. The van der Waals surface area contributed by atoms with E-state index in [0.717, 1.165) is 29.7 Å². The van der Waals surface area contributed by atoms with Crippen molar-refractivity contribution < 1.29 is 14.4 Å². The van der Waals surface area contributed by atoms with Crippen molar-refractivity contribution in [3.05, 3.63) is 42.2 Å². The van der Waals surface area contributed by atoms with Gasteiger partial charge in [0.1, 0.15) is 0 Å². The van der Waals surface area contributed by atoms with Crippen LogP contribution in [0, 0.1) is 0 Å². The number of aromatic nitrogens is 2. The molecule has 3 heterocycles. The van der Waals surface area contributed by atoms with Crippen LogP contribution >= 0.6 is 0 Å². The Bertz CT molecular complexity index is 994. The Balaban J connectivity index is 1.53. The molecule has 0 aliphatic carbocycles. The molecule has 32 heavy (non-hydrogen) atoms. The molecule has 9 nitrogen and oxygen atoms in total. The minimum atomic E-state index is -0.383. The summed E-state index contributed by atoms with van der Waals surface area (Å²) in [4.78, 5) is 50.8. The fourth-order valence-electron chi connectivity index (χ4n) is 4.26. The first-order valence-corrected chi connectivity index (χ1v) is 10.9. The topological polar surface area (TPSA) is 98.7 Å². The fraction of sp³-hybridized carbons (Fsp3) is 0.435. The van der Waals surface area contributed by atoms with Crippen LogP contribution in [0.2, 0.25) is 0 Å². The monoisotopic (exact) mass is 436 g/mol. The molecule has 1 N–H and O–H groups in total. The molecule has 0 saturated carbocycles. The molecule has 2 fully saturated rings. The largest absolute Gasteiger partial charge is 0.347 e. The number of carbonyl (C=O) groups is 3. The molecule has 2 aromatic rings. The van der Waals surface area contributed by atoms with Crippen molar-refractivity contribution in [3.63, 3.8) is 0 Å². The predicted octanol–water partition coefficient (Wildman–Crippen LogP) is 2.21. The highest BCUT2D eigenvalue weighted by Gasteiger charge is 2.34. The highest BCUT2D eigenvalue weighted by molar-refractivity contribution is 6.01. The standard InChI is InChI=1S/C23H28N6O3/c1-27(2)22-24-14-17(16-8-4-3-5-9-16)21(26-22)18-10-6-12-28(18)19(30)11-7-13-29-20(31)15-25-23(29)32/h3-5,8-9,14,18H,6-7,10-13,15H2,1-2H3,(H,25,32)/t18-/m0/s1. The van der Waals surface area contributed by atoms with Crippen molar-refractivity contribution in [2.75, 3.05) is 38.6 Å². The van der Waals surface area contributed by atoms with E-state index in [9.17, 15) is 14.4 Å². The highest BCUT2D eigenvalue weighted by atomic mass is 16.2. The third kappa shape index (κ3) is 4.42. The quantitative estimate of drug-likeness (QED) is 0.668. The molecular formula is C23H28N6O3. The van der Waals surface area contributed by atoms with Crippen LogP contribution in [0.1, 0.15) is 37.4 Å². The molecule has 1 aromatic carbocycles. The van der Waals surface area contributed by atoms with Gasteiger partial charge in [0.2, 0.25) is 17.8 Å². The molecule has 168 valence electrons. The van der Waals surface area contributed by atoms with Gasteiger partial charge in [0.05, 0.1) is 18.3 Å². The second-order valence-corrected chi connectivity index (χ2v) is 8.28. The maximum absolute atomic E-state index is 13.1.